The van der Waals surface area contributed by atoms with E-state index >= 15 is 0 Å². The van der Waals surface area contributed by atoms with Crippen molar-refractivity contribution < 1.29 is 9.59 Å². The van der Waals surface area contributed by atoms with Crippen LogP contribution in [0.5, 0.6) is 0 Å². The van der Waals surface area contributed by atoms with Gasteiger partial charge in [-0.2, -0.15) is 0 Å². The van der Waals surface area contributed by atoms with E-state index in [0.717, 1.165) is 28.1 Å². The van der Waals surface area contributed by atoms with Crippen LogP contribution in [-0.2, 0) is 21.5 Å². The van der Waals surface area contributed by atoms with Crippen molar-refractivity contribution in [3.05, 3.63) is 95.6 Å². The summed E-state index contributed by atoms with van der Waals surface area (Å²) in [5.74, 6) is -0.355. The van der Waals surface area contributed by atoms with Crippen LogP contribution >= 0.6 is 0 Å². The van der Waals surface area contributed by atoms with E-state index < -0.39 is 5.41 Å². The molecule has 4 heteroatoms. The lowest BCUT2D eigenvalue weighted by Gasteiger charge is -2.23. The normalized spacial score (nSPS) is 20.3. The number of hydrogen-bond acceptors (Lipinski definition) is 2. The van der Waals surface area contributed by atoms with E-state index in [1.807, 2.05) is 78.9 Å². The fourth-order valence-electron chi connectivity index (χ4n) is 4.40. The topological polar surface area (TPSA) is 40.6 Å². The van der Waals surface area contributed by atoms with Gasteiger partial charge in [-0.05, 0) is 17.7 Å². The van der Waals surface area contributed by atoms with Crippen LogP contribution in [0, 0.1) is 0 Å². The molecule has 5 rings (SSSR count). The van der Waals surface area contributed by atoms with E-state index in [4.69, 9.17) is 0 Å². The minimum atomic E-state index is -1.28. The molecule has 2 aliphatic rings. The van der Waals surface area contributed by atoms with Crippen LogP contribution in [0.15, 0.2) is 78.9 Å². The van der Waals surface area contributed by atoms with Gasteiger partial charge in [0.1, 0.15) is 0 Å². The molecule has 0 saturated carbocycles. The summed E-state index contributed by atoms with van der Waals surface area (Å²) in [5, 5.41) is 0. The van der Waals surface area contributed by atoms with E-state index in [2.05, 4.69) is 0 Å². The first-order valence-electron chi connectivity index (χ1n) is 8.99. The molecule has 132 valence electrons. The Balaban J connectivity index is 1.74. The molecule has 0 aliphatic carbocycles. The summed E-state index contributed by atoms with van der Waals surface area (Å²) >= 11 is 0. The lowest BCUT2D eigenvalue weighted by atomic mass is 9.76. The summed E-state index contributed by atoms with van der Waals surface area (Å²) in [6.07, 6.45) is 0. The lowest BCUT2D eigenvalue weighted by Crippen LogP contribution is -2.47. The first-order valence-corrected chi connectivity index (χ1v) is 8.99. The van der Waals surface area contributed by atoms with E-state index in [1.165, 1.54) is 0 Å². The fraction of sp³-hybridized carbons (Fsp3) is 0.130. The van der Waals surface area contributed by atoms with Crippen LogP contribution < -0.4 is 9.80 Å². The SMILES string of the molecule is CN1C(=O)C2(C(=O)N(Cc3ccccc3)c3ccccc32)c2ccccc21. The molecule has 0 bridgehead atoms. The number of benzene rings is 3. The van der Waals surface area contributed by atoms with Gasteiger partial charge < -0.3 is 9.80 Å². The van der Waals surface area contributed by atoms with Crippen LogP contribution in [0.2, 0.25) is 0 Å². The third-order valence-electron chi connectivity index (χ3n) is 5.64. The first-order chi connectivity index (χ1) is 13.2. The molecule has 0 N–H and O–H groups in total. The zero-order valence-electron chi connectivity index (χ0n) is 14.9. The Morgan fingerprint density at radius 1 is 0.704 bits per heavy atom. The molecule has 2 amide bonds. The minimum absolute atomic E-state index is 0.172. The Kier molecular flexibility index (Phi) is 3.25. The lowest BCUT2D eigenvalue weighted by molar-refractivity contribution is -0.131. The molecule has 4 nitrogen and oxygen atoms in total. The van der Waals surface area contributed by atoms with Gasteiger partial charge in [0.05, 0.1) is 6.54 Å². The number of likely N-dealkylation sites (N-methyl/N-ethyl adjacent to an activating group) is 1. The quantitative estimate of drug-likeness (QED) is 0.661. The van der Waals surface area contributed by atoms with Gasteiger partial charge in [0, 0.05) is 29.5 Å². The van der Waals surface area contributed by atoms with Crippen molar-refractivity contribution in [3.63, 3.8) is 0 Å². The van der Waals surface area contributed by atoms with Crippen molar-refractivity contribution >= 4 is 23.2 Å². The molecular formula is C23H18N2O2. The van der Waals surface area contributed by atoms with Crippen molar-refractivity contribution in [2.45, 2.75) is 12.0 Å². The van der Waals surface area contributed by atoms with Gasteiger partial charge in [-0.3, -0.25) is 9.59 Å². The van der Waals surface area contributed by atoms with Gasteiger partial charge in [0.25, 0.3) is 11.8 Å². The number of carbonyl (C=O) groups is 2. The Morgan fingerprint density at radius 3 is 1.96 bits per heavy atom. The average molecular weight is 354 g/mol. The van der Waals surface area contributed by atoms with Gasteiger partial charge in [-0.15, -0.1) is 0 Å². The molecule has 1 unspecified atom stereocenters. The molecule has 0 saturated heterocycles. The molecule has 0 aromatic heterocycles. The summed E-state index contributed by atoms with van der Waals surface area (Å²) < 4.78 is 0. The number of para-hydroxylation sites is 2. The molecule has 2 heterocycles. The van der Waals surface area contributed by atoms with Crippen molar-refractivity contribution in [2.24, 2.45) is 0 Å². The second-order valence-corrected chi connectivity index (χ2v) is 7.03. The monoisotopic (exact) mass is 354 g/mol. The third-order valence-corrected chi connectivity index (χ3v) is 5.64. The van der Waals surface area contributed by atoms with Crippen molar-refractivity contribution in [1.82, 2.24) is 0 Å². The number of nitrogens with zero attached hydrogens (tertiary/aromatic N) is 2. The largest absolute Gasteiger partial charge is 0.314 e. The van der Waals surface area contributed by atoms with Crippen molar-refractivity contribution in [1.29, 1.82) is 0 Å². The Bertz CT molecular complexity index is 1080. The summed E-state index contributed by atoms with van der Waals surface area (Å²) in [4.78, 5) is 30.6. The number of anilines is 2. The molecule has 3 aromatic rings. The number of amides is 2. The zero-order valence-corrected chi connectivity index (χ0v) is 14.9. The van der Waals surface area contributed by atoms with Gasteiger partial charge in [0.15, 0.2) is 5.41 Å². The third kappa shape index (κ3) is 1.92. The standard InChI is InChI=1S/C23H18N2O2/c1-24-19-13-7-5-11-17(19)23(21(24)26)18-12-6-8-14-20(18)25(22(23)27)15-16-9-3-2-4-10-16/h2-14H,15H2,1H3. The van der Waals surface area contributed by atoms with Gasteiger partial charge in [-0.1, -0.05) is 66.7 Å². The predicted molar refractivity (Wildman–Crippen MR) is 105 cm³/mol. The smallest absolute Gasteiger partial charge is 0.252 e. The van der Waals surface area contributed by atoms with Crippen molar-refractivity contribution in [3.8, 4) is 0 Å². The molecule has 0 fully saturated rings. The molecular weight excluding hydrogens is 336 g/mol. The van der Waals surface area contributed by atoms with Gasteiger partial charge in [0.2, 0.25) is 0 Å². The molecule has 0 radical (unpaired) electrons. The fourth-order valence-corrected chi connectivity index (χ4v) is 4.40. The molecule has 1 atom stereocenters. The Labute approximate surface area is 157 Å². The highest BCUT2D eigenvalue weighted by molar-refractivity contribution is 6.30. The van der Waals surface area contributed by atoms with Crippen molar-refractivity contribution in [2.75, 3.05) is 16.8 Å². The molecule has 1 spiro atoms. The number of fused-ring (bicyclic) bond motifs is 4. The van der Waals surface area contributed by atoms with Gasteiger partial charge in [-0.25, -0.2) is 0 Å². The molecule has 3 aromatic carbocycles. The van der Waals surface area contributed by atoms with Crippen LogP contribution in [0.1, 0.15) is 16.7 Å². The van der Waals surface area contributed by atoms with Crippen LogP contribution in [0.3, 0.4) is 0 Å². The second kappa shape index (κ2) is 5.55. The second-order valence-electron chi connectivity index (χ2n) is 7.03. The highest BCUT2D eigenvalue weighted by Gasteiger charge is 2.62. The number of carbonyl (C=O) groups excluding carboxylic acids is 2. The van der Waals surface area contributed by atoms with Crippen LogP contribution in [-0.4, -0.2) is 18.9 Å². The molecule has 27 heavy (non-hydrogen) atoms. The van der Waals surface area contributed by atoms with E-state index in [9.17, 15) is 9.59 Å². The Morgan fingerprint density at radius 2 is 1.26 bits per heavy atom. The highest BCUT2D eigenvalue weighted by atomic mass is 16.2. The zero-order chi connectivity index (χ0) is 18.6. The van der Waals surface area contributed by atoms with E-state index in [-0.39, 0.29) is 11.8 Å². The maximum atomic E-state index is 13.8. The average Bonchev–Trinajstić information content (AvgIpc) is 3.09. The maximum Gasteiger partial charge on any atom is 0.252 e. The minimum Gasteiger partial charge on any atom is -0.314 e. The predicted octanol–water partition coefficient (Wildman–Crippen LogP) is 3.50. The number of hydrogen-bond donors (Lipinski definition) is 0. The van der Waals surface area contributed by atoms with E-state index in [1.54, 1.807) is 16.8 Å². The molecule has 2 aliphatic heterocycles. The van der Waals surface area contributed by atoms with Gasteiger partial charge >= 0.3 is 0 Å². The summed E-state index contributed by atoms with van der Waals surface area (Å²) in [6, 6.07) is 25.1. The van der Waals surface area contributed by atoms with Crippen LogP contribution in [0.4, 0.5) is 11.4 Å². The summed E-state index contributed by atoms with van der Waals surface area (Å²) in [6.45, 7) is 0.442. The number of rotatable bonds is 2. The summed E-state index contributed by atoms with van der Waals surface area (Å²) in [5.41, 5.74) is 2.90. The first kappa shape index (κ1) is 15.8. The van der Waals surface area contributed by atoms with Crippen LogP contribution in [0.25, 0.3) is 0 Å². The highest BCUT2D eigenvalue weighted by Crippen LogP contribution is 2.53. The summed E-state index contributed by atoms with van der Waals surface area (Å²) in [7, 11) is 1.74. The van der Waals surface area contributed by atoms with E-state index in [0.29, 0.717) is 6.54 Å². The maximum absolute atomic E-state index is 13.8. The Hall–Kier alpha value is -3.40.